The molecule has 3 aliphatic rings. The SMILES string of the molecule is CCOc1ccc(N2C(=O)[C@@H]3[C@H](C2=O)N2CCCN2[C@H]3c2ccc(Cl)cc2Cl)cc1. The van der Waals surface area contributed by atoms with Crippen LogP contribution in [0.15, 0.2) is 42.5 Å². The summed E-state index contributed by atoms with van der Waals surface area (Å²) < 4.78 is 5.48. The summed E-state index contributed by atoms with van der Waals surface area (Å²) in [6.07, 6.45) is 0.940. The maximum absolute atomic E-state index is 13.6. The number of hydrogen-bond acceptors (Lipinski definition) is 5. The van der Waals surface area contributed by atoms with E-state index in [1.54, 1.807) is 36.4 Å². The lowest BCUT2D eigenvalue weighted by molar-refractivity contribution is -0.126. The molecule has 0 N–H and O–H groups in total. The zero-order chi connectivity index (χ0) is 21.0. The standard InChI is InChI=1S/C22H21Cl2N3O3/c1-2-30-15-7-5-14(6-8-15)27-21(28)18-19(16-9-4-13(23)12-17(16)24)25-10-3-11-26(25)20(18)22(27)29/h4-9,12,18-20H,2-3,10-11H2,1H3/t18-,19-,20+/m0/s1. The minimum Gasteiger partial charge on any atom is -0.494 e. The molecule has 8 heteroatoms. The van der Waals surface area contributed by atoms with Gasteiger partial charge in [-0.15, -0.1) is 0 Å². The first-order valence-electron chi connectivity index (χ1n) is 10.1. The smallest absolute Gasteiger partial charge is 0.253 e. The van der Waals surface area contributed by atoms with Gasteiger partial charge in [0.15, 0.2) is 0 Å². The molecule has 3 saturated heterocycles. The van der Waals surface area contributed by atoms with Crippen molar-refractivity contribution in [2.24, 2.45) is 5.92 Å². The molecule has 5 rings (SSSR count). The molecule has 3 aliphatic heterocycles. The van der Waals surface area contributed by atoms with Gasteiger partial charge in [-0.25, -0.2) is 14.9 Å². The molecule has 3 fully saturated rings. The number of rotatable bonds is 4. The average Bonchev–Trinajstić information content (AvgIpc) is 3.36. The summed E-state index contributed by atoms with van der Waals surface area (Å²) in [4.78, 5) is 28.3. The van der Waals surface area contributed by atoms with E-state index in [4.69, 9.17) is 27.9 Å². The van der Waals surface area contributed by atoms with Crippen molar-refractivity contribution in [3.8, 4) is 5.75 Å². The number of carbonyl (C=O) groups excluding carboxylic acids is 2. The molecule has 2 amide bonds. The predicted octanol–water partition coefficient (Wildman–Crippen LogP) is 3.93. The molecule has 0 aliphatic carbocycles. The Labute approximate surface area is 184 Å². The van der Waals surface area contributed by atoms with E-state index in [2.05, 4.69) is 10.0 Å². The molecule has 2 aromatic carbocycles. The second-order valence-electron chi connectivity index (χ2n) is 7.70. The number of imide groups is 1. The second-order valence-corrected chi connectivity index (χ2v) is 8.54. The molecule has 0 bridgehead atoms. The number of fused-ring (bicyclic) bond motifs is 3. The third-order valence-electron chi connectivity index (χ3n) is 6.09. The zero-order valence-electron chi connectivity index (χ0n) is 16.4. The average molecular weight is 446 g/mol. The van der Waals surface area contributed by atoms with E-state index in [1.165, 1.54) is 4.90 Å². The molecule has 0 saturated carbocycles. The van der Waals surface area contributed by atoms with Gasteiger partial charge in [0.2, 0.25) is 5.91 Å². The monoisotopic (exact) mass is 445 g/mol. The highest BCUT2D eigenvalue weighted by atomic mass is 35.5. The molecule has 0 radical (unpaired) electrons. The van der Waals surface area contributed by atoms with Crippen LogP contribution in [0.4, 0.5) is 5.69 Å². The number of hydrogen-bond donors (Lipinski definition) is 0. The van der Waals surface area contributed by atoms with Crippen molar-refractivity contribution in [1.82, 2.24) is 10.0 Å². The Kier molecular flexibility index (Phi) is 4.98. The quantitative estimate of drug-likeness (QED) is 0.667. The zero-order valence-corrected chi connectivity index (χ0v) is 17.9. The van der Waals surface area contributed by atoms with Gasteiger partial charge in [-0.05, 0) is 55.3 Å². The van der Waals surface area contributed by atoms with Crippen molar-refractivity contribution < 1.29 is 14.3 Å². The fraction of sp³-hybridized carbons (Fsp3) is 0.364. The lowest BCUT2D eigenvalue weighted by Crippen LogP contribution is -2.44. The van der Waals surface area contributed by atoms with Gasteiger partial charge in [-0.1, -0.05) is 29.3 Å². The Hall–Kier alpha value is -2.12. The van der Waals surface area contributed by atoms with Crippen molar-refractivity contribution >= 4 is 40.7 Å². The van der Waals surface area contributed by atoms with Gasteiger partial charge in [0, 0.05) is 23.1 Å². The fourth-order valence-corrected chi connectivity index (χ4v) is 5.46. The number of benzene rings is 2. The highest BCUT2D eigenvalue weighted by Crippen LogP contribution is 2.50. The van der Waals surface area contributed by atoms with Crippen LogP contribution in [-0.2, 0) is 9.59 Å². The van der Waals surface area contributed by atoms with E-state index in [1.807, 2.05) is 13.0 Å². The van der Waals surface area contributed by atoms with E-state index < -0.39 is 12.0 Å². The van der Waals surface area contributed by atoms with Gasteiger partial charge in [0.1, 0.15) is 11.8 Å². The maximum Gasteiger partial charge on any atom is 0.253 e. The maximum atomic E-state index is 13.6. The lowest BCUT2D eigenvalue weighted by Gasteiger charge is -2.30. The highest BCUT2D eigenvalue weighted by Gasteiger charge is 2.63. The Morgan fingerprint density at radius 3 is 2.33 bits per heavy atom. The number of ether oxygens (including phenoxy) is 1. The van der Waals surface area contributed by atoms with Gasteiger partial charge >= 0.3 is 0 Å². The van der Waals surface area contributed by atoms with E-state index in [0.717, 1.165) is 25.1 Å². The summed E-state index contributed by atoms with van der Waals surface area (Å²) in [5.74, 6) is -0.187. The van der Waals surface area contributed by atoms with Crippen LogP contribution in [0.2, 0.25) is 10.0 Å². The molecule has 3 heterocycles. The van der Waals surface area contributed by atoms with Gasteiger partial charge < -0.3 is 4.74 Å². The first kappa shape index (κ1) is 19.8. The number of hydrazine groups is 1. The van der Waals surface area contributed by atoms with Crippen molar-refractivity contribution in [2.45, 2.75) is 25.4 Å². The number of amides is 2. The minimum atomic E-state index is -0.511. The number of halogens is 2. The van der Waals surface area contributed by atoms with E-state index in [0.29, 0.717) is 28.1 Å². The normalized spacial score (nSPS) is 26.4. The third kappa shape index (κ3) is 2.94. The topological polar surface area (TPSA) is 53.1 Å². The van der Waals surface area contributed by atoms with Crippen LogP contribution in [0.3, 0.4) is 0 Å². The van der Waals surface area contributed by atoms with Crippen molar-refractivity contribution in [1.29, 1.82) is 0 Å². The third-order valence-corrected chi connectivity index (χ3v) is 6.66. The molecule has 156 valence electrons. The second kappa shape index (κ2) is 7.54. The first-order valence-corrected chi connectivity index (χ1v) is 10.9. The van der Waals surface area contributed by atoms with Gasteiger partial charge in [-0.3, -0.25) is 9.59 Å². The molecule has 0 spiro atoms. The predicted molar refractivity (Wildman–Crippen MR) is 115 cm³/mol. The van der Waals surface area contributed by atoms with Crippen LogP contribution in [-0.4, -0.2) is 47.6 Å². The number of anilines is 1. The molecule has 6 nitrogen and oxygen atoms in total. The summed E-state index contributed by atoms with van der Waals surface area (Å²) in [7, 11) is 0. The largest absolute Gasteiger partial charge is 0.494 e. The summed E-state index contributed by atoms with van der Waals surface area (Å²) >= 11 is 12.6. The number of carbonyl (C=O) groups is 2. The molecule has 2 aromatic rings. The minimum absolute atomic E-state index is 0.186. The van der Waals surface area contributed by atoms with Gasteiger partial charge in [0.25, 0.3) is 5.91 Å². The summed E-state index contributed by atoms with van der Waals surface area (Å²) in [6.45, 7) is 4.01. The first-order chi connectivity index (χ1) is 14.5. The molecule has 0 aromatic heterocycles. The Morgan fingerprint density at radius 1 is 0.967 bits per heavy atom. The number of nitrogens with zero attached hydrogens (tertiary/aromatic N) is 3. The summed E-state index contributed by atoms with van der Waals surface area (Å²) in [5.41, 5.74) is 1.39. The molecular weight excluding hydrogens is 425 g/mol. The van der Waals surface area contributed by atoms with Crippen LogP contribution in [0.5, 0.6) is 5.75 Å². The summed E-state index contributed by atoms with van der Waals surface area (Å²) in [6, 6.07) is 11.6. The molecular formula is C22H21Cl2N3O3. The molecule has 0 unspecified atom stereocenters. The fourth-order valence-electron chi connectivity index (χ4n) is 4.94. The van der Waals surface area contributed by atoms with Crippen LogP contribution in [0.1, 0.15) is 24.9 Å². The lowest BCUT2D eigenvalue weighted by atomic mass is 9.90. The van der Waals surface area contributed by atoms with E-state index >= 15 is 0 Å². The van der Waals surface area contributed by atoms with Crippen molar-refractivity contribution in [3.63, 3.8) is 0 Å². The van der Waals surface area contributed by atoms with Crippen LogP contribution >= 0.6 is 23.2 Å². The van der Waals surface area contributed by atoms with Crippen molar-refractivity contribution in [3.05, 3.63) is 58.1 Å². The van der Waals surface area contributed by atoms with Crippen LogP contribution in [0, 0.1) is 5.92 Å². The van der Waals surface area contributed by atoms with Crippen LogP contribution in [0.25, 0.3) is 0 Å². The van der Waals surface area contributed by atoms with Crippen LogP contribution < -0.4 is 9.64 Å². The Morgan fingerprint density at radius 2 is 1.67 bits per heavy atom. The van der Waals surface area contributed by atoms with Gasteiger partial charge in [0.05, 0.1) is 24.3 Å². The Bertz CT molecular complexity index is 1010. The molecule has 3 atom stereocenters. The van der Waals surface area contributed by atoms with Gasteiger partial charge in [-0.2, -0.15) is 0 Å². The highest BCUT2D eigenvalue weighted by molar-refractivity contribution is 6.35. The Balaban J connectivity index is 1.54. The van der Waals surface area contributed by atoms with E-state index in [-0.39, 0.29) is 17.9 Å². The summed E-state index contributed by atoms with van der Waals surface area (Å²) in [5, 5.41) is 5.24. The van der Waals surface area contributed by atoms with E-state index in [9.17, 15) is 9.59 Å². The van der Waals surface area contributed by atoms with Crippen molar-refractivity contribution in [2.75, 3.05) is 24.6 Å². The molecule has 30 heavy (non-hydrogen) atoms.